The molecule has 0 bridgehead atoms. The largest absolute Gasteiger partial charge is 0.462 e. The molecule has 0 fully saturated rings. The zero-order chi connectivity index (χ0) is 37.3. The number of carbonyl (C=O) groups excluding carboxylic acids is 3. The smallest absolute Gasteiger partial charge is 0.309 e. The van der Waals surface area contributed by atoms with Crippen LogP contribution < -0.4 is 0 Å². The van der Waals surface area contributed by atoms with Gasteiger partial charge in [-0.05, 0) is 44.9 Å². The Bertz CT molecular complexity index is 960. The molecule has 6 heteroatoms. The van der Waals surface area contributed by atoms with Gasteiger partial charge in [0.15, 0.2) is 6.10 Å². The summed E-state index contributed by atoms with van der Waals surface area (Å²) in [4.78, 5) is 37.3. The number of unbranched alkanes of at least 4 members (excludes halogenated alkanes) is 16. The molecule has 0 N–H and O–H groups in total. The maximum Gasteiger partial charge on any atom is 0.309 e. The van der Waals surface area contributed by atoms with Crippen LogP contribution in [-0.2, 0) is 28.6 Å². The van der Waals surface area contributed by atoms with Crippen LogP contribution in [0.25, 0.3) is 0 Å². The van der Waals surface area contributed by atoms with Gasteiger partial charge in [-0.15, -0.1) is 0 Å². The van der Waals surface area contributed by atoms with Gasteiger partial charge in [0, 0.05) is 12.8 Å². The highest BCUT2D eigenvalue weighted by atomic mass is 16.6. The molecule has 0 aliphatic heterocycles. The summed E-state index contributed by atoms with van der Waals surface area (Å²) in [7, 11) is 0. The molecule has 0 aliphatic carbocycles. The molecule has 1 atom stereocenters. The Kier molecular flexibility index (Phi) is 37.6. The summed E-state index contributed by atoms with van der Waals surface area (Å²) in [6.07, 6.45) is 46.8. The minimum Gasteiger partial charge on any atom is -0.462 e. The first-order valence-corrected chi connectivity index (χ1v) is 20.8. The lowest BCUT2D eigenvalue weighted by molar-refractivity contribution is -0.166. The molecule has 51 heavy (non-hydrogen) atoms. The molecule has 6 nitrogen and oxygen atoms in total. The minimum atomic E-state index is -0.805. The van der Waals surface area contributed by atoms with Crippen molar-refractivity contribution in [1.29, 1.82) is 0 Å². The fourth-order valence-electron chi connectivity index (χ4n) is 5.45. The van der Waals surface area contributed by atoms with E-state index < -0.39 is 12.1 Å². The predicted octanol–water partition coefficient (Wildman–Crippen LogP) is 13.0. The van der Waals surface area contributed by atoms with E-state index in [0.717, 1.165) is 83.5 Å². The van der Waals surface area contributed by atoms with Gasteiger partial charge in [0.05, 0.1) is 6.42 Å². The highest BCUT2D eigenvalue weighted by molar-refractivity contribution is 5.72. The van der Waals surface area contributed by atoms with Crippen LogP contribution in [0.15, 0.2) is 60.8 Å². The lowest BCUT2D eigenvalue weighted by Crippen LogP contribution is -2.30. The van der Waals surface area contributed by atoms with Crippen molar-refractivity contribution in [3.8, 4) is 0 Å². The van der Waals surface area contributed by atoms with Crippen molar-refractivity contribution in [3.63, 3.8) is 0 Å². The molecule has 0 radical (unpaired) electrons. The van der Waals surface area contributed by atoms with Gasteiger partial charge in [-0.3, -0.25) is 14.4 Å². The quantitative estimate of drug-likeness (QED) is 0.0278. The molecule has 0 amide bonds. The second kappa shape index (κ2) is 39.9. The highest BCUT2D eigenvalue weighted by Crippen LogP contribution is 2.14. The summed E-state index contributed by atoms with van der Waals surface area (Å²) >= 11 is 0. The Hall–Kier alpha value is -2.89. The van der Waals surface area contributed by atoms with Crippen molar-refractivity contribution in [2.24, 2.45) is 0 Å². The Labute approximate surface area is 313 Å². The first-order valence-electron chi connectivity index (χ1n) is 20.8. The van der Waals surface area contributed by atoms with E-state index in [2.05, 4.69) is 69.4 Å². The second-order valence-corrected chi connectivity index (χ2v) is 13.5. The van der Waals surface area contributed by atoms with E-state index in [1.165, 1.54) is 64.2 Å². The van der Waals surface area contributed by atoms with Crippen molar-refractivity contribution >= 4 is 17.9 Å². The van der Waals surface area contributed by atoms with E-state index >= 15 is 0 Å². The van der Waals surface area contributed by atoms with E-state index in [1.54, 1.807) is 6.08 Å². The standard InChI is InChI=1S/C45H76O6/c1-4-7-10-13-15-17-19-21-22-24-25-27-29-32-35-38-44(47)50-41-42(40-49-43(46)37-34-31-12-9-6-3)51-45(48)39-36-33-30-28-26-23-20-18-16-14-11-8-5-2/h7,10,15,17,21-22,25,27,32,35,42H,4-6,8-9,11-14,16,18-20,23-24,26,28-31,33-34,36-41H2,1-3H3/b10-7-,17-15-,22-21-,27-25-,35-32-. The molecule has 0 heterocycles. The first kappa shape index (κ1) is 48.1. The second-order valence-electron chi connectivity index (χ2n) is 13.5. The zero-order valence-electron chi connectivity index (χ0n) is 33.1. The molecule has 0 saturated heterocycles. The van der Waals surface area contributed by atoms with Crippen molar-refractivity contribution in [1.82, 2.24) is 0 Å². The van der Waals surface area contributed by atoms with Gasteiger partial charge in [0.1, 0.15) is 13.2 Å². The average Bonchev–Trinajstić information content (AvgIpc) is 3.12. The fraction of sp³-hybridized carbons (Fsp3) is 0.711. The summed E-state index contributed by atoms with van der Waals surface area (Å²) < 4.78 is 16.4. The summed E-state index contributed by atoms with van der Waals surface area (Å²) in [5.41, 5.74) is 0. The lowest BCUT2D eigenvalue weighted by atomic mass is 10.0. The van der Waals surface area contributed by atoms with Crippen LogP contribution in [0, 0.1) is 0 Å². The molecule has 0 aliphatic rings. The number of esters is 3. The molecule has 0 aromatic rings. The number of allylic oxidation sites excluding steroid dienone is 9. The van der Waals surface area contributed by atoms with Crippen LogP contribution in [0.3, 0.4) is 0 Å². The molecule has 292 valence electrons. The van der Waals surface area contributed by atoms with Gasteiger partial charge in [0.2, 0.25) is 0 Å². The summed E-state index contributed by atoms with van der Waals surface area (Å²) in [6.45, 7) is 6.32. The Morgan fingerprint density at radius 2 is 0.765 bits per heavy atom. The van der Waals surface area contributed by atoms with Crippen LogP contribution in [0.2, 0.25) is 0 Å². The summed E-state index contributed by atoms with van der Waals surface area (Å²) in [5.74, 6) is -1.06. The number of hydrogen-bond donors (Lipinski definition) is 0. The Balaban J connectivity index is 4.40. The van der Waals surface area contributed by atoms with E-state index in [4.69, 9.17) is 14.2 Å². The zero-order valence-corrected chi connectivity index (χ0v) is 33.1. The fourth-order valence-corrected chi connectivity index (χ4v) is 5.45. The third kappa shape index (κ3) is 38.2. The average molecular weight is 713 g/mol. The minimum absolute atomic E-state index is 0.104. The molecule has 0 saturated carbocycles. The van der Waals surface area contributed by atoms with Gasteiger partial charge >= 0.3 is 17.9 Å². The van der Waals surface area contributed by atoms with Gasteiger partial charge in [-0.1, -0.05) is 184 Å². The van der Waals surface area contributed by atoms with Crippen molar-refractivity contribution in [2.75, 3.05) is 13.2 Å². The predicted molar refractivity (Wildman–Crippen MR) is 215 cm³/mol. The van der Waals surface area contributed by atoms with Crippen molar-refractivity contribution in [2.45, 2.75) is 194 Å². The van der Waals surface area contributed by atoms with Crippen LogP contribution in [0.4, 0.5) is 0 Å². The molecule has 0 aromatic heterocycles. The van der Waals surface area contributed by atoms with Crippen LogP contribution >= 0.6 is 0 Å². The monoisotopic (exact) mass is 713 g/mol. The van der Waals surface area contributed by atoms with Gasteiger partial charge in [0.25, 0.3) is 0 Å². The van der Waals surface area contributed by atoms with E-state index in [1.807, 2.05) is 6.08 Å². The van der Waals surface area contributed by atoms with E-state index in [9.17, 15) is 14.4 Å². The Morgan fingerprint density at radius 3 is 1.20 bits per heavy atom. The number of ether oxygens (including phenoxy) is 3. The van der Waals surface area contributed by atoms with E-state index in [0.29, 0.717) is 12.8 Å². The summed E-state index contributed by atoms with van der Waals surface area (Å²) in [5, 5.41) is 0. The number of hydrogen-bond acceptors (Lipinski definition) is 6. The third-order valence-corrected chi connectivity index (χ3v) is 8.57. The SMILES string of the molecule is CC/C=C\C/C=C\C/C=C\C/C=C\C/C=C\CC(=O)OCC(COC(=O)CCCCCCC)OC(=O)CCCCCCCCCCCCCCC. The van der Waals surface area contributed by atoms with Crippen molar-refractivity contribution in [3.05, 3.63) is 60.8 Å². The third-order valence-electron chi connectivity index (χ3n) is 8.57. The summed E-state index contributed by atoms with van der Waals surface area (Å²) in [6, 6.07) is 0. The highest BCUT2D eigenvalue weighted by Gasteiger charge is 2.19. The van der Waals surface area contributed by atoms with Crippen molar-refractivity contribution < 1.29 is 28.6 Å². The maximum absolute atomic E-state index is 12.6. The van der Waals surface area contributed by atoms with Crippen LogP contribution in [0.5, 0.6) is 0 Å². The lowest BCUT2D eigenvalue weighted by Gasteiger charge is -2.18. The molecule has 0 spiro atoms. The van der Waals surface area contributed by atoms with Crippen LogP contribution in [0.1, 0.15) is 188 Å². The van der Waals surface area contributed by atoms with Crippen LogP contribution in [-0.4, -0.2) is 37.2 Å². The topological polar surface area (TPSA) is 78.9 Å². The van der Waals surface area contributed by atoms with E-state index in [-0.39, 0.29) is 31.6 Å². The number of rotatable bonds is 36. The molecule has 0 rings (SSSR count). The van der Waals surface area contributed by atoms with Gasteiger partial charge in [-0.2, -0.15) is 0 Å². The maximum atomic E-state index is 12.6. The normalized spacial score (nSPS) is 12.6. The van der Waals surface area contributed by atoms with Gasteiger partial charge < -0.3 is 14.2 Å². The van der Waals surface area contributed by atoms with Gasteiger partial charge in [-0.25, -0.2) is 0 Å². The number of carbonyl (C=O) groups is 3. The molecule has 0 aromatic carbocycles. The molecule has 1 unspecified atom stereocenters. The Morgan fingerprint density at radius 1 is 0.412 bits per heavy atom. The first-order chi connectivity index (χ1) is 25.0. The molecular formula is C45H76O6. The molecular weight excluding hydrogens is 636 g/mol.